The second-order valence-corrected chi connectivity index (χ2v) is 5.68. The number of hydrogen-bond acceptors (Lipinski definition) is 5. The molecule has 0 unspecified atom stereocenters. The maximum Gasteiger partial charge on any atom is 0.189 e. The summed E-state index contributed by atoms with van der Waals surface area (Å²) < 4.78 is 2.41. The number of hydrogen-bond donors (Lipinski definition) is 2. The topological polar surface area (TPSA) is 95.6 Å². The smallest absolute Gasteiger partial charge is 0.189 e. The fourth-order valence-electron chi connectivity index (χ4n) is 1.95. The Morgan fingerprint density at radius 2 is 1.90 bits per heavy atom. The van der Waals surface area contributed by atoms with Gasteiger partial charge in [-0.15, -0.1) is 5.10 Å². The quantitative estimate of drug-likeness (QED) is 0.681. The fraction of sp³-hybridized carbons (Fsp3) is 0. The summed E-state index contributed by atoms with van der Waals surface area (Å²) in [5.74, 6) is 0.493. The average Bonchev–Trinajstić information content (AvgIpc) is 2.90. The van der Waals surface area contributed by atoms with Crippen LogP contribution in [-0.2, 0) is 0 Å². The summed E-state index contributed by atoms with van der Waals surface area (Å²) in [6.45, 7) is 0. The van der Waals surface area contributed by atoms with Crippen molar-refractivity contribution < 1.29 is 0 Å². The molecular formula is C13H10BrClN6. The van der Waals surface area contributed by atoms with Gasteiger partial charge in [-0.25, -0.2) is 0 Å². The lowest BCUT2D eigenvalue weighted by Gasteiger charge is -2.09. The van der Waals surface area contributed by atoms with Crippen molar-refractivity contribution in [1.82, 2.24) is 20.2 Å². The highest BCUT2D eigenvalue weighted by atomic mass is 79.9. The Morgan fingerprint density at radius 1 is 1.10 bits per heavy atom. The van der Waals surface area contributed by atoms with Gasteiger partial charge in [0.05, 0.1) is 10.7 Å². The van der Waals surface area contributed by atoms with E-state index in [0.717, 1.165) is 4.47 Å². The number of tetrazole rings is 1. The molecule has 0 saturated carbocycles. The summed E-state index contributed by atoms with van der Waals surface area (Å²) in [4.78, 5) is 0. The van der Waals surface area contributed by atoms with E-state index in [1.165, 1.54) is 4.68 Å². The fourth-order valence-corrected chi connectivity index (χ4v) is 2.50. The minimum absolute atomic E-state index is 0.493. The number of nitrogens with zero attached hydrogens (tertiary/aromatic N) is 4. The van der Waals surface area contributed by atoms with Crippen LogP contribution in [0.4, 0.5) is 11.4 Å². The predicted molar refractivity (Wildman–Crippen MR) is 86.1 cm³/mol. The van der Waals surface area contributed by atoms with Crippen LogP contribution >= 0.6 is 27.5 Å². The SMILES string of the molecule is Nc1ccc(-c2nnnn2-c2cc(Br)ccc2Cl)c(N)c1. The van der Waals surface area contributed by atoms with E-state index < -0.39 is 0 Å². The molecule has 0 fully saturated rings. The summed E-state index contributed by atoms with van der Waals surface area (Å²) in [5.41, 5.74) is 14.1. The van der Waals surface area contributed by atoms with Crippen molar-refractivity contribution in [2.24, 2.45) is 0 Å². The lowest BCUT2D eigenvalue weighted by atomic mass is 10.1. The Balaban J connectivity index is 2.19. The van der Waals surface area contributed by atoms with Crippen LogP contribution in [0.3, 0.4) is 0 Å². The van der Waals surface area contributed by atoms with Gasteiger partial charge in [-0.05, 0) is 46.8 Å². The van der Waals surface area contributed by atoms with Gasteiger partial charge in [0.25, 0.3) is 0 Å². The molecule has 3 aromatic rings. The third-order valence-corrected chi connectivity index (χ3v) is 3.74. The predicted octanol–water partition coefficient (Wildman–Crippen LogP) is 2.91. The van der Waals surface area contributed by atoms with Gasteiger partial charge >= 0.3 is 0 Å². The number of benzene rings is 2. The first-order valence-corrected chi connectivity index (χ1v) is 7.12. The van der Waals surface area contributed by atoms with E-state index in [2.05, 4.69) is 31.5 Å². The number of halogens is 2. The van der Waals surface area contributed by atoms with Gasteiger partial charge in [0, 0.05) is 21.4 Å². The number of aromatic nitrogens is 4. The minimum atomic E-state index is 0.493. The average molecular weight is 366 g/mol. The lowest BCUT2D eigenvalue weighted by Crippen LogP contribution is -2.03. The first-order chi connectivity index (χ1) is 10.1. The van der Waals surface area contributed by atoms with Crippen LogP contribution < -0.4 is 11.5 Å². The van der Waals surface area contributed by atoms with Gasteiger partial charge in [-0.1, -0.05) is 27.5 Å². The largest absolute Gasteiger partial charge is 0.399 e. The zero-order valence-electron chi connectivity index (χ0n) is 10.7. The number of rotatable bonds is 2. The van der Waals surface area contributed by atoms with Crippen LogP contribution in [0.5, 0.6) is 0 Å². The molecular weight excluding hydrogens is 356 g/mol. The van der Waals surface area contributed by atoms with Crippen molar-refractivity contribution in [2.45, 2.75) is 0 Å². The van der Waals surface area contributed by atoms with Gasteiger partial charge in [0.15, 0.2) is 5.82 Å². The second-order valence-electron chi connectivity index (χ2n) is 4.36. The summed E-state index contributed by atoms with van der Waals surface area (Å²) in [7, 11) is 0. The first-order valence-electron chi connectivity index (χ1n) is 5.95. The first kappa shape index (κ1) is 13.8. The molecule has 1 aromatic heterocycles. The molecule has 0 bridgehead atoms. The highest BCUT2D eigenvalue weighted by molar-refractivity contribution is 9.10. The summed E-state index contributed by atoms with van der Waals surface area (Å²) in [6, 6.07) is 10.6. The van der Waals surface area contributed by atoms with Crippen LogP contribution in [0.2, 0.25) is 5.02 Å². The molecule has 4 N–H and O–H groups in total. The number of anilines is 2. The van der Waals surface area contributed by atoms with E-state index in [9.17, 15) is 0 Å². The Labute approximate surface area is 133 Å². The van der Waals surface area contributed by atoms with Crippen molar-refractivity contribution in [2.75, 3.05) is 11.5 Å². The highest BCUT2D eigenvalue weighted by Crippen LogP contribution is 2.30. The van der Waals surface area contributed by atoms with Crippen molar-refractivity contribution in [1.29, 1.82) is 0 Å². The molecule has 0 saturated heterocycles. The van der Waals surface area contributed by atoms with Gasteiger partial charge in [-0.2, -0.15) is 4.68 Å². The number of nitrogens with two attached hydrogens (primary N) is 2. The van der Waals surface area contributed by atoms with E-state index in [0.29, 0.717) is 33.5 Å². The molecule has 2 aromatic carbocycles. The standard InChI is InChI=1S/C13H10BrClN6/c14-7-1-4-10(15)12(5-7)21-13(18-19-20-21)9-3-2-8(16)6-11(9)17/h1-6H,16-17H2. The third kappa shape index (κ3) is 2.57. The molecule has 0 aliphatic heterocycles. The van der Waals surface area contributed by atoms with E-state index in [1.807, 2.05) is 12.1 Å². The van der Waals surface area contributed by atoms with Crippen LogP contribution in [0.15, 0.2) is 40.9 Å². The molecule has 1 heterocycles. The highest BCUT2D eigenvalue weighted by Gasteiger charge is 2.15. The van der Waals surface area contributed by atoms with Crippen molar-refractivity contribution in [3.63, 3.8) is 0 Å². The molecule has 3 rings (SSSR count). The van der Waals surface area contributed by atoms with Crippen LogP contribution in [-0.4, -0.2) is 20.2 Å². The van der Waals surface area contributed by atoms with Gasteiger partial charge in [0.1, 0.15) is 0 Å². The zero-order valence-corrected chi connectivity index (χ0v) is 13.0. The van der Waals surface area contributed by atoms with Crippen LogP contribution in [0.1, 0.15) is 0 Å². The molecule has 0 radical (unpaired) electrons. The van der Waals surface area contributed by atoms with Crippen molar-refractivity contribution in [3.8, 4) is 17.1 Å². The summed E-state index contributed by atoms with van der Waals surface area (Å²) in [5, 5.41) is 12.3. The van der Waals surface area contributed by atoms with E-state index >= 15 is 0 Å². The Morgan fingerprint density at radius 3 is 2.67 bits per heavy atom. The molecule has 0 spiro atoms. The molecule has 6 nitrogen and oxygen atoms in total. The molecule has 0 aliphatic carbocycles. The van der Waals surface area contributed by atoms with Crippen molar-refractivity contribution in [3.05, 3.63) is 45.9 Å². The van der Waals surface area contributed by atoms with Crippen molar-refractivity contribution >= 4 is 38.9 Å². The monoisotopic (exact) mass is 364 g/mol. The summed E-state index contributed by atoms with van der Waals surface area (Å²) >= 11 is 9.63. The molecule has 0 aliphatic rings. The minimum Gasteiger partial charge on any atom is -0.399 e. The molecule has 106 valence electrons. The normalized spacial score (nSPS) is 10.8. The van der Waals surface area contributed by atoms with E-state index in [-0.39, 0.29) is 0 Å². The third-order valence-electron chi connectivity index (χ3n) is 2.92. The van der Waals surface area contributed by atoms with Gasteiger partial charge in [-0.3, -0.25) is 0 Å². The van der Waals surface area contributed by atoms with E-state index in [4.69, 9.17) is 23.1 Å². The molecule has 0 amide bonds. The molecule has 21 heavy (non-hydrogen) atoms. The summed E-state index contributed by atoms with van der Waals surface area (Å²) in [6.07, 6.45) is 0. The Kier molecular flexibility index (Phi) is 3.52. The van der Waals surface area contributed by atoms with E-state index in [1.54, 1.807) is 24.3 Å². The lowest BCUT2D eigenvalue weighted by molar-refractivity contribution is 0.791. The zero-order chi connectivity index (χ0) is 15.0. The molecule has 8 heteroatoms. The second kappa shape index (κ2) is 5.34. The van der Waals surface area contributed by atoms with Gasteiger partial charge in [0.2, 0.25) is 0 Å². The Bertz CT molecular complexity index is 816. The van der Waals surface area contributed by atoms with Crippen LogP contribution in [0.25, 0.3) is 17.1 Å². The number of nitrogen functional groups attached to an aromatic ring is 2. The maximum absolute atomic E-state index is 6.22. The van der Waals surface area contributed by atoms with Crippen LogP contribution in [0, 0.1) is 0 Å². The molecule has 0 atom stereocenters. The van der Waals surface area contributed by atoms with Gasteiger partial charge < -0.3 is 11.5 Å². The maximum atomic E-state index is 6.22. The Hall–Kier alpha value is -2.12.